The maximum Gasteiger partial charge on any atom is 0.256 e. The summed E-state index contributed by atoms with van der Waals surface area (Å²) in [6.07, 6.45) is 1.71. The van der Waals surface area contributed by atoms with E-state index in [-0.39, 0.29) is 5.91 Å². The molecule has 0 aliphatic carbocycles. The fourth-order valence-electron chi connectivity index (χ4n) is 3.34. The molecule has 2 heterocycles. The molecule has 0 bridgehead atoms. The third-order valence-corrected chi connectivity index (χ3v) is 4.70. The van der Waals surface area contributed by atoms with Crippen molar-refractivity contribution in [3.63, 3.8) is 0 Å². The predicted molar refractivity (Wildman–Crippen MR) is 122 cm³/mol. The number of aromatic nitrogens is 2. The van der Waals surface area contributed by atoms with Crippen molar-refractivity contribution in [1.29, 1.82) is 0 Å². The second-order valence-electron chi connectivity index (χ2n) is 6.77. The van der Waals surface area contributed by atoms with Crippen LogP contribution in [0.5, 0.6) is 11.5 Å². The van der Waals surface area contributed by atoms with E-state index in [1.54, 1.807) is 24.4 Å². The molecule has 31 heavy (non-hydrogen) atoms. The van der Waals surface area contributed by atoms with Crippen LogP contribution in [-0.4, -0.2) is 29.1 Å². The number of carbonyl (C=O) groups is 1. The summed E-state index contributed by atoms with van der Waals surface area (Å²) in [7, 11) is 0. The molecule has 0 aliphatic heterocycles. The van der Waals surface area contributed by atoms with Gasteiger partial charge in [-0.2, -0.15) is 0 Å². The van der Waals surface area contributed by atoms with Crippen LogP contribution in [0.25, 0.3) is 22.3 Å². The zero-order valence-corrected chi connectivity index (χ0v) is 17.5. The van der Waals surface area contributed by atoms with Crippen molar-refractivity contribution < 1.29 is 14.3 Å². The maximum atomic E-state index is 13.4. The molecule has 0 unspecified atom stereocenters. The Kier molecular flexibility index (Phi) is 6.08. The normalized spacial score (nSPS) is 10.6. The summed E-state index contributed by atoms with van der Waals surface area (Å²) in [5.74, 6) is 0.989. The van der Waals surface area contributed by atoms with Crippen LogP contribution in [0, 0.1) is 0 Å². The van der Waals surface area contributed by atoms with Gasteiger partial charge in [0.25, 0.3) is 5.91 Å². The van der Waals surface area contributed by atoms with E-state index >= 15 is 0 Å². The van der Waals surface area contributed by atoms with E-state index in [0.29, 0.717) is 47.4 Å². The largest absolute Gasteiger partial charge is 0.494 e. The lowest BCUT2D eigenvalue weighted by Gasteiger charge is -2.15. The van der Waals surface area contributed by atoms with Crippen molar-refractivity contribution in [2.75, 3.05) is 18.5 Å². The Morgan fingerprint density at radius 2 is 1.71 bits per heavy atom. The summed E-state index contributed by atoms with van der Waals surface area (Å²) >= 11 is 0. The number of rotatable bonds is 7. The summed E-state index contributed by atoms with van der Waals surface area (Å²) in [4.78, 5) is 22.5. The fraction of sp³-hybridized carbons (Fsp3) is 0.160. The lowest BCUT2D eigenvalue weighted by atomic mass is 10.1. The number of pyridine rings is 2. The highest BCUT2D eigenvalue weighted by Gasteiger charge is 2.17. The van der Waals surface area contributed by atoms with Crippen molar-refractivity contribution in [1.82, 2.24) is 9.97 Å². The van der Waals surface area contributed by atoms with Gasteiger partial charge in [-0.1, -0.05) is 24.3 Å². The highest BCUT2D eigenvalue weighted by atomic mass is 16.5. The number of nitrogens with one attached hydrogen (secondary N) is 1. The van der Waals surface area contributed by atoms with Crippen LogP contribution < -0.4 is 14.8 Å². The Morgan fingerprint density at radius 1 is 0.903 bits per heavy atom. The number of carbonyl (C=O) groups excluding carboxylic acids is 1. The Bertz CT molecular complexity index is 1210. The van der Waals surface area contributed by atoms with Crippen molar-refractivity contribution in [3.05, 3.63) is 78.5 Å². The van der Waals surface area contributed by atoms with E-state index in [4.69, 9.17) is 14.5 Å². The van der Waals surface area contributed by atoms with Gasteiger partial charge >= 0.3 is 0 Å². The second-order valence-corrected chi connectivity index (χ2v) is 6.77. The van der Waals surface area contributed by atoms with Crippen LogP contribution >= 0.6 is 0 Å². The first-order valence-corrected chi connectivity index (χ1v) is 10.2. The van der Waals surface area contributed by atoms with Crippen LogP contribution in [0.4, 0.5) is 5.69 Å². The second kappa shape index (κ2) is 9.26. The molecule has 156 valence electrons. The molecule has 6 heteroatoms. The lowest BCUT2D eigenvalue weighted by Crippen LogP contribution is -2.14. The summed E-state index contributed by atoms with van der Waals surface area (Å²) < 4.78 is 11.3. The van der Waals surface area contributed by atoms with Crippen molar-refractivity contribution >= 4 is 22.5 Å². The Morgan fingerprint density at radius 3 is 2.48 bits per heavy atom. The molecular formula is C25H23N3O3. The van der Waals surface area contributed by atoms with E-state index in [1.807, 2.05) is 62.4 Å². The molecular weight excluding hydrogens is 390 g/mol. The average Bonchev–Trinajstić information content (AvgIpc) is 2.81. The maximum absolute atomic E-state index is 13.4. The zero-order valence-electron chi connectivity index (χ0n) is 17.5. The Labute approximate surface area is 180 Å². The predicted octanol–water partition coefficient (Wildman–Crippen LogP) is 5.35. The van der Waals surface area contributed by atoms with Gasteiger partial charge in [0.05, 0.1) is 41.4 Å². The molecule has 1 N–H and O–H groups in total. The standard InChI is InChI=1S/C25H23N3O3/c1-3-30-17-12-13-24(31-4-2)23(15-17)28-25(29)19-16-22(21-11-7-8-14-26-21)27-20-10-6-5-9-18(19)20/h5-16H,3-4H2,1-2H3,(H,28,29). The first kappa shape index (κ1) is 20.3. The van der Waals surface area contributed by atoms with Gasteiger partial charge in [0.1, 0.15) is 11.5 Å². The van der Waals surface area contributed by atoms with Gasteiger partial charge in [-0.25, -0.2) is 4.98 Å². The minimum absolute atomic E-state index is 0.259. The van der Waals surface area contributed by atoms with Gasteiger partial charge in [0.2, 0.25) is 0 Å². The summed E-state index contributed by atoms with van der Waals surface area (Å²) in [6, 6.07) is 20.4. The van der Waals surface area contributed by atoms with Crippen molar-refractivity contribution in [3.8, 4) is 22.9 Å². The monoisotopic (exact) mass is 413 g/mol. The van der Waals surface area contributed by atoms with Crippen molar-refractivity contribution in [2.24, 2.45) is 0 Å². The van der Waals surface area contributed by atoms with E-state index < -0.39 is 0 Å². The molecule has 4 aromatic rings. The number of hydrogen-bond donors (Lipinski definition) is 1. The summed E-state index contributed by atoms with van der Waals surface area (Å²) in [5.41, 5.74) is 3.13. The molecule has 0 fully saturated rings. The quantitative estimate of drug-likeness (QED) is 0.442. The van der Waals surface area contributed by atoms with Gasteiger partial charge < -0.3 is 14.8 Å². The van der Waals surface area contributed by atoms with Gasteiger partial charge in [0, 0.05) is 17.6 Å². The molecule has 2 aromatic carbocycles. The summed E-state index contributed by atoms with van der Waals surface area (Å²) in [6.45, 7) is 4.83. The van der Waals surface area contributed by atoms with Gasteiger partial charge in [-0.05, 0) is 50.2 Å². The van der Waals surface area contributed by atoms with Crippen LogP contribution in [0.3, 0.4) is 0 Å². The van der Waals surface area contributed by atoms with E-state index in [1.165, 1.54) is 0 Å². The number of fused-ring (bicyclic) bond motifs is 1. The number of para-hydroxylation sites is 1. The van der Waals surface area contributed by atoms with Crippen LogP contribution in [0.2, 0.25) is 0 Å². The molecule has 4 rings (SSSR count). The molecule has 0 radical (unpaired) electrons. The van der Waals surface area contributed by atoms with E-state index in [0.717, 1.165) is 10.9 Å². The zero-order chi connectivity index (χ0) is 21.6. The van der Waals surface area contributed by atoms with Crippen LogP contribution in [0.15, 0.2) is 72.9 Å². The molecule has 0 spiro atoms. The highest BCUT2D eigenvalue weighted by Crippen LogP contribution is 2.31. The van der Waals surface area contributed by atoms with Crippen LogP contribution in [-0.2, 0) is 0 Å². The van der Waals surface area contributed by atoms with Gasteiger partial charge in [-0.15, -0.1) is 0 Å². The number of hydrogen-bond acceptors (Lipinski definition) is 5. The number of ether oxygens (including phenoxy) is 2. The third-order valence-electron chi connectivity index (χ3n) is 4.70. The molecule has 2 aromatic heterocycles. The first-order valence-electron chi connectivity index (χ1n) is 10.2. The highest BCUT2D eigenvalue weighted by molar-refractivity contribution is 6.13. The third kappa shape index (κ3) is 4.48. The van der Waals surface area contributed by atoms with E-state index in [9.17, 15) is 4.79 Å². The Balaban J connectivity index is 1.77. The molecule has 6 nitrogen and oxygen atoms in total. The summed E-state index contributed by atoms with van der Waals surface area (Å²) in [5, 5.41) is 3.75. The molecule has 0 saturated carbocycles. The molecule has 0 atom stereocenters. The Hall–Kier alpha value is -3.93. The fourth-order valence-corrected chi connectivity index (χ4v) is 3.34. The molecule has 1 amide bonds. The first-order chi connectivity index (χ1) is 15.2. The number of benzene rings is 2. The number of anilines is 1. The number of nitrogens with zero attached hydrogens (tertiary/aromatic N) is 2. The minimum atomic E-state index is -0.259. The van der Waals surface area contributed by atoms with E-state index in [2.05, 4.69) is 10.3 Å². The molecule has 0 saturated heterocycles. The average molecular weight is 413 g/mol. The topological polar surface area (TPSA) is 73.3 Å². The minimum Gasteiger partial charge on any atom is -0.494 e. The van der Waals surface area contributed by atoms with Crippen molar-refractivity contribution in [2.45, 2.75) is 13.8 Å². The van der Waals surface area contributed by atoms with Crippen LogP contribution in [0.1, 0.15) is 24.2 Å². The lowest BCUT2D eigenvalue weighted by molar-refractivity contribution is 0.102. The molecule has 0 aliphatic rings. The number of amides is 1. The smallest absolute Gasteiger partial charge is 0.256 e. The SMILES string of the molecule is CCOc1ccc(OCC)c(NC(=O)c2cc(-c3ccccn3)nc3ccccc23)c1. The van der Waals surface area contributed by atoms with Gasteiger partial charge in [0.15, 0.2) is 0 Å². The van der Waals surface area contributed by atoms with Gasteiger partial charge in [-0.3, -0.25) is 9.78 Å².